The number of hydrogen-bond acceptors (Lipinski definition) is 2. The third-order valence-electron chi connectivity index (χ3n) is 5.03. The van der Waals surface area contributed by atoms with E-state index in [1.165, 1.54) is 18.4 Å². The van der Waals surface area contributed by atoms with Crippen LogP contribution in [0.1, 0.15) is 30.4 Å². The standard InChI is InChI=1S/C23H28N2O.ClH/c26-23(12-11-20-7-3-1-4-8-20)24-16-13-21-14-17-25(18-15-21)19-22-9-5-2-6-10-22;/h1-12,21H,13-19H2,(H,24,26);1H/b12-11+;. The molecule has 1 aliphatic heterocycles. The fourth-order valence-electron chi connectivity index (χ4n) is 3.47. The normalized spacial score (nSPS) is 15.4. The molecule has 1 amide bonds. The van der Waals surface area contributed by atoms with Crippen molar-refractivity contribution in [3.8, 4) is 0 Å². The molecule has 27 heavy (non-hydrogen) atoms. The first kappa shape index (κ1) is 21.2. The van der Waals surface area contributed by atoms with Crippen LogP contribution >= 0.6 is 12.4 Å². The molecule has 0 unspecified atom stereocenters. The smallest absolute Gasteiger partial charge is 0.243 e. The minimum absolute atomic E-state index is 0. The quantitative estimate of drug-likeness (QED) is 0.711. The number of carbonyl (C=O) groups is 1. The lowest BCUT2D eigenvalue weighted by molar-refractivity contribution is -0.116. The third-order valence-corrected chi connectivity index (χ3v) is 5.03. The van der Waals surface area contributed by atoms with E-state index in [-0.39, 0.29) is 18.3 Å². The van der Waals surface area contributed by atoms with Gasteiger partial charge in [-0.1, -0.05) is 60.7 Å². The zero-order valence-corrected chi connectivity index (χ0v) is 16.5. The van der Waals surface area contributed by atoms with Gasteiger partial charge in [0.25, 0.3) is 0 Å². The fourth-order valence-corrected chi connectivity index (χ4v) is 3.47. The van der Waals surface area contributed by atoms with Crippen LogP contribution in [-0.4, -0.2) is 30.4 Å². The molecule has 0 bridgehead atoms. The highest BCUT2D eigenvalue weighted by Crippen LogP contribution is 2.21. The topological polar surface area (TPSA) is 32.3 Å². The van der Waals surface area contributed by atoms with Crippen molar-refractivity contribution >= 4 is 24.4 Å². The predicted molar refractivity (Wildman–Crippen MR) is 115 cm³/mol. The molecule has 144 valence electrons. The number of carbonyl (C=O) groups excluding carboxylic acids is 1. The molecule has 0 atom stereocenters. The maximum atomic E-state index is 11.9. The monoisotopic (exact) mass is 384 g/mol. The Hall–Kier alpha value is -2.10. The molecule has 3 nitrogen and oxygen atoms in total. The maximum Gasteiger partial charge on any atom is 0.243 e. The van der Waals surface area contributed by atoms with Crippen molar-refractivity contribution in [1.82, 2.24) is 10.2 Å². The van der Waals surface area contributed by atoms with Gasteiger partial charge >= 0.3 is 0 Å². The van der Waals surface area contributed by atoms with Gasteiger partial charge in [-0.05, 0) is 55.5 Å². The predicted octanol–water partition coefficient (Wildman–Crippen LogP) is 4.54. The van der Waals surface area contributed by atoms with Gasteiger partial charge in [0.2, 0.25) is 5.91 Å². The summed E-state index contributed by atoms with van der Waals surface area (Å²) in [6.45, 7) is 4.12. The molecule has 0 spiro atoms. The Morgan fingerprint density at radius 3 is 2.30 bits per heavy atom. The van der Waals surface area contributed by atoms with Crippen LogP contribution in [0, 0.1) is 5.92 Å². The third kappa shape index (κ3) is 7.58. The van der Waals surface area contributed by atoms with E-state index >= 15 is 0 Å². The molecule has 0 radical (unpaired) electrons. The molecule has 3 rings (SSSR count). The second-order valence-corrected chi connectivity index (χ2v) is 7.03. The number of nitrogens with one attached hydrogen (secondary N) is 1. The zero-order valence-electron chi connectivity index (χ0n) is 15.7. The second kappa shape index (κ2) is 11.6. The van der Waals surface area contributed by atoms with Gasteiger partial charge in [-0.3, -0.25) is 9.69 Å². The van der Waals surface area contributed by atoms with E-state index in [1.807, 2.05) is 36.4 Å². The summed E-state index contributed by atoms with van der Waals surface area (Å²) < 4.78 is 0. The summed E-state index contributed by atoms with van der Waals surface area (Å²) in [6, 6.07) is 20.6. The van der Waals surface area contributed by atoms with Crippen molar-refractivity contribution in [2.75, 3.05) is 19.6 Å². The molecule has 0 saturated carbocycles. The van der Waals surface area contributed by atoms with Crippen LogP contribution in [0.25, 0.3) is 6.08 Å². The molecule has 1 aliphatic rings. The Bertz CT molecular complexity index is 695. The highest BCUT2D eigenvalue weighted by Gasteiger charge is 2.18. The summed E-state index contributed by atoms with van der Waals surface area (Å²) in [7, 11) is 0. The van der Waals surface area contributed by atoms with Crippen molar-refractivity contribution < 1.29 is 4.79 Å². The highest BCUT2D eigenvalue weighted by molar-refractivity contribution is 5.91. The molecular weight excluding hydrogens is 356 g/mol. The van der Waals surface area contributed by atoms with Gasteiger partial charge in [0.05, 0.1) is 0 Å². The summed E-state index contributed by atoms with van der Waals surface area (Å²) in [5.41, 5.74) is 2.44. The molecule has 1 N–H and O–H groups in total. The lowest BCUT2D eigenvalue weighted by Crippen LogP contribution is -2.34. The Morgan fingerprint density at radius 1 is 1.00 bits per heavy atom. The molecule has 0 aliphatic carbocycles. The first-order valence-electron chi connectivity index (χ1n) is 9.57. The van der Waals surface area contributed by atoms with Crippen molar-refractivity contribution in [2.45, 2.75) is 25.8 Å². The average molecular weight is 385 g/mol. The van der Waals surface area contributed by atoms with Crippen molar-refractivity contribution in [1.29, 1.82) is 0 Å². The Kier molecular flexibility index (Phi) is 9.09. The summed E-state index contributed by atoms with van der Waals surface area (Å²) in [4.78, 5) is 14.4. The largest absolute Gasteiger partial charge is 0.353 e. The van der Waals surface area contributed by atoms with Gasteiger partial charge < -0.3 is 5.32 Å². The van der Waals surface area contributed by atoms with Crippen LogP contribution < -0.4 is 5.32 Å². The maximum absolute atomic E-state index is 11.9. The van der Waals surface area contributed by atoms with Crippen LogP contribution in [0.5, 0.6) is 0 Å². The minimum atomic E-state index is -0.00429. The Balaban J connectivity index is 0.00000261. The first-order chi connectivity index (χ1) is 12.8. The zero-order chi connectivity index (χ0) is 18.0. The average Bonchev–Trinajstić information content (AvgIpc) is 2.69. The first-order valence-corrected chi connectivity index (χ1v) is 9.57. The van der Waals surface area contributed by atoms with E-state index in [9.17, 15) is 4.79 Å². The minimum Gasteiger partial charge on any atom is -0.353 e. The Labute approximate surface area is 168 Å². The van der Waals surface area contributed by atoms with Gasteiger partial charge in [0, 0.05) is 19.2 Å². The van der Waals surface area contributed by atoms with Crippen molar-refractivity contribution in [2.24, 2.45) is 5.92 Å². The number of rotatable bonds is 7. The van der Waals surface area contributed by atoms with Gasteiger partial charge in [-0.2, -0.15) is 0 Å². The summed E-state index contributed by atoms with van der Waals surface area (Å²) in [5, 5.41) is 3.01. The van der Waals surface area contributed by atoms with E-state index in [1.54, 1.807) is 6.08 Å². The van der Waals surface area contributed by atoms with E-state index in [4.69, 9.17) is 0 Å². The number of likely N-dealkylation sites (tertiary alicyclic amines) is 1. The van der Waals surface area contributed by atoms with Crippen LogP contribution in [-0.2, 0) is 11.3 Å². The molecule has 0 aromatic heterocycles. The lowest BCUT2D eigenvalue weighted by atomic mass is 9.93. The van der Waals surface area contributed by atoms with Gasteiger partial charge in [-0.15, -0.1) is 12.4 Å². The number of amides is 1. The molecule has 2 aromatic rings. The molecule has 4 heteroatoms. The molecule has 1 saturated heterocycles. The fraction of sp³-hybridized carbons (Fsp3) is 0.348. The summed E-state index contributed by atoms with van der Waals surface area (Å²) >= 11 is 0. The number of halogens is 1. The summed E-state index contributed by atoms with van der Waals surface area (Å²) in [5.74, 6) is 0.718. The van der Waals surface area contributed by atoms with Gasteiger partial charge in [0.15, 0.2) is 0 Å². The molecular formula is C23H29ClN2O. The molecule has 1 fully saturated rings. The lowest BCUT2D eigenvalue weighted by Gasteiger charge is -2.32. The van der Waals surface area contributed by atoms with Crippen LogP contribution in [0.15, 0.2) is 66.7 Å². The van der Waals surface area contributed by atoms with Gasteiger partial charge in [0.1, 0.15) is 0 Å². The van der Waals surface area contributed by atoms with Gasteiger partial charge in [-0.25, -0.2) is 0 Å². The van der Waals surface area contributed by atoms with Crippen LogP contribution in [0.4, 0.5) is 0 Å². The van der Waals surface area contributed by atoms with E-state index < -0.39 is 0 Å². The van der Waals surface area contributed by atoms with Crippen LogP contribution in [0.3, 0.4) is 0 Å². The SMILES string of the molecule is Cl.O=C(/C=C/c1ccccc1)NCCC1CCN(Cc2ccccc2)CC1. The Morgan fingerprint density at radius 2 is 1.63 bits per heavy atom. The van der Waals surface area contributed by atoms with Crippen molar-refractivity contribution in [3.63, 3.8) is 0 Å². The number of piperidine rings is 1. The van der Waals surface area contributed by atoms with E-state index in [0.717, 1.165) is 44.1 Å². The summed E-state index contributed by atoms with van der Waals surface area (Å²) in [6.07, 6.45) is 7.00. The highest BCUT2D eigenvalue weighted by atomic mass is 35.5. The molecule has 1 heterocycles. The molecule has 2 aromatic carbocycles. The number of hydrogen-bond donors (Lipinski definition) is 1. The number of nitrogens with zero attached hydrogens (tertiary/aromatic N) is 1. The van der Waals surface area contributed by atoms with Crippen LogP contribution in [0.2, 0.25) is 0 Å². The van der Waals surface area contributed by atoms with E-state index in [0.29, 0.717) is 0 Å². The van der Waals surface area contributed by atoms with E-state index in [2.05, 4.69) is 40.5 Å². The number of benzene rings is 2. The van der Waals surface area contributed by atoms with Crippen molar-refractivity contribution in [3.05, 3.63) is 77.9 Å². The second-order valence-electron chi connectivity index (χ2n) is 7.03.